The summed E-state index contributed by atoms with van der Waals surface area (Å²) >= 11 is 6.11. The van der Waals surface area contributed by atoms with Crippen LogP contribution in [-0.2, 0) is 0 Å². The Morgan fingerprint density at radius 3 is 2.94 bits per heavy atom. The molecule has 3 rings (SSSR count). The number of fused-ring (bicyclic) bond motifs is 1. The first-order valence-corrected chi connectivity index (χ1v) is 5.67. The molecule has 0 bridgehead atoms. The van der Waals surface area contributed by atoms with Gasteiger partial charge in [-0.1, -0.05) is 16.8 Å². The molecule has 90 valence electrons. The van der Waals surface area contributed by atoms with Crippen molar-refractivity contribution in [2.75, 3.05) is 7.11 Å². The number of methoxy groups -OCH3 is 1. The number of rotatable bonds is 2. The molecule has 0 aliphatic carbocycles. The minimum Gasteiger partial charge on any atom is -0.497 e. The molecule has 0 aliphatic rings. The average molecular weight is 261 g/mol. The van der Waals surface area contributed by atoms with Gasteiger partial charge in [0.05, 0.1) is 23.3 Å². The van der Waals surface area contributed by atoms with Gasteiger partial charge in [-0.05, 0) is 18.2 Å². The fraction of sp³-hybridized carbons (Fsp3) is 0.0833. The van der Waals surface area contributed by atoms with Crippen LogP contribution in [-0.4, -0.2) is 27.1 Å². The molecule has 18 heavy (non-hydrogen) atoms. The van der Waals surface area contributed by atoms with Crippen LogP contribution in [0.2, 0.25) is 5.02 Å². The van der Waals surface area contributed by atoms with Crippen LogP contribution in [0.1, 0.15) is 0 Å². The van der Waals surface area contributed by atoms with E-state index in [-0.39, 0.29) is 0 Å². The maximum absolute atomic E-state index is 6.11. The largest absolute Gasteiger partial charge is 0.497 e. The van der Waals surface area contributed by atoms with Gasteiger partial charge in [-0.25, -0.2) is 4.68 Å². The van der Waals surface area contributed by atoms with Crippen molar-refractivity contribution in [1.82, 2.24) is 20.0 Å². The second-order valence-corrected chi connectivity index (χ2v) is 4.09. The van der Waals surface area contributed by atoms with Crippen molar-refractivity contribution in [3.63, 3.8) is 0 Å². The number of hydrogen-bond acceptors (Lipinski definition) is 4. The summed E-state index contributed by atoms with van der Waals surface area (Å²) in [5.41, 5.74) is 2.36. The Balaban J connectivity index is 2.26. The van der Waals surface area contributed by atoms with Crippen LogP contribution in [0.15, 0.2) is 36.7 Å². The molecule has 0 amide bonds. The van der Waals surface area contributed by atoms with Crippen molar-refractivity contribution in [3.05, 3.63) is 41.7 Å². The summed E-state index contributed by atoms with van der Waals surface area (Å²) < 4.78 is 6.87. The first-order chi connectivity index (χ1) is 8.79. The summed E-state index contributed by atoms with van der Waals surface area (Å²) in [5.74, 6) is 0.747. The fourth-order valence-electron chi connectivity index (χ4n) is 1.74. The molecule has 2 aromatic heterocycles. The SMILES string of the molecule is COc1ccc2nnn(-c3ccncc3Cl)c2c1. The lowest BCUT2D eigenvalue weighted by Crippen LogP contribution is -1.98. The Labute approximate surface area is 108 Å². The molecule has 0 N–H and O–H groups in total. The van der Waals surface area contributed by atoms with E-state index >= 15 is 0 Å². The third kappa shape index (κ3) is 1.69. The molecule has 0 radical (unpaired) electrons. The highest BCUT2D eigenvalue weighted by Gasteiger charge is 2.10. The van der Waals surface area contributed by atoms with Gasteiger partial charge in [-0.2, -0.15) is 0 Å². The minimum atomic E-state index is 0.520. The third-order valence-electron chi connectivity index (χ3n) is 2.63. The molecule has 1 aromatic carbocycles. The van der Waals surface area contributed by atoms with Crippen LogP contribution in [0.4, 0.5) is 0 Å². The summed E-state index contributed by atoms with van der Waals surface area (Å²) in [6, 6.07) is 7.35. The van der Waals surface area contributed by atoms with E-state index in [1.165, 1.54) is 0 Å². The highest BCUT2D eigenvalue weighted by atomic mass is 35.5. The van der Waals surface area contributed by atoms with Gasteiger partial charge < -0.3 is 4.74 Å². The van der Waals surface area contributed by atoms with E-state index in [0.717, 1.165) is 22.5 Å². The monoisotopic (exact) mass is 260 g/mol. The second-order valence-electron chi connectivity index (χ2n) is 3.68. The number of aromatic nitrogens is 4. The number of pyridine rings is 1. The molecule has 3 aromatic rings. The molecule has 6 heteroatoms. The Bertz CT molecular complexity index is 710. The Hall–Kier alpha value is -2.14. The lowest BCUT2D eigenvalue weighted by molar-refractivity contribution is 0.415. The lowest BCUT2D eigenvalue weighted by atomic mass is 10.3. The van der Waals surface area contributed by atoms with Crippen molar-refractivity contribution in [2.24, 2.45) is 0 Å². The molecule has 0 saturated heterocycles. The molecule has 0 spiro atoms. The van der Waals surface area contributed by atoms with Crippen LogP contribution in [0.5, 0.6) is 5.75 Å². The zero-order chi connectivity index (χ0) is 12.5. The maximum Gasteiger partial charge on any atom is 0.121 e. The highest BCUT2D eigenvalue weighted by molar-refractivity contribution is 6.32. The molecule has 0 atom stereocenters. The molecule has 2 heterocycles. The summed E-state index contributed by atoms with van der Waals surface area (Å²) in [5, 5.41) is 8.71. The Kier molecular flexibility index (Phi) is 2.60. The van der Waals surface area contributed by atoms with Crippen LogP contribution >= 0.6 is 11.6 Å². The van der Waals surface area contributed by atoms with Gasteiger partial charge in [-0.15, -0.1) is 5.10 Å². The molecule has 0 saturated carbocycles. The molecular weight excluding hydrogens is 252 g/mol. The zero-order valence-electron chi connectivity index (χ0n) is 9.54. The molecule has 0 aliphatic heterocycles. The van der Waals surface area contributed by atoms with Crippen LogP contribution < -0.4 is 4.74 Å². The third-order valence-corrected chi connectivity index (χ3v) is 2.92. The van der Waals surface area contributed by atoms with Crippen molar-refractivity contribution in [2.45, 2.75) is 0 Å². The Morgan fingerprint density at radius 1 is 1.28 bits per heavy atom. The van der Waals surface area contributed by atoms with Gasteiger partial charge in [0.15, 0.2) is 0 Å². The normalized spacial score (nSPS) is 10.8. The van der Waals surface area contributed by atoms with E-state index in [2.05, 4.69) is 15.3 Å². The highest BCUT2D eigenvalue weighted by Crippen LogP contribution is 2.24. The van der Waals surface area contributed by atoms with Crippen LogP contribution in [0, 0.1) is 0 Å². The van der Waals surface area contributed by atoms with Gasteiger partial charge >= 0.3 is 0 Å². The van der Waals surface area contributed by atoms with Gasteiger partial charge in [0.1, 0.15) is 11.3 Å². The second kappa shape index (κ2) is 4.27. The zero-order valence-corrected chi connectivity index (χ0v) is 10.3. The summed E-state index contributed by atoms with van der Waals surface area (Å²) in [6.07, 6.45) is 3.24. The summed E-state index contributed by atoms with van der Waals surface area (Å²) in [4.78, 5) is 3.95. The average Bonchev–Trinajstić information content (AvgIpc) is 2.82. The van der Waals surface area contributed by atoms with E-state index in [4.69, 9.17) is 16.3 Å². The Morgan fingerprint density at radius 2 is 2.17 bits per heavy atom. The number of benzene rings is 1. The van der Waals surface area contributed by atoms with Crippen molar-refractivity contribution in [3.8, 4) is 11.4 Å². The summed E-state index contributed by atoms with van der Waals surface area (Å²) in [7, 11) is 1.62. The fourth-order valence-corrected chi connectivity index (χ4v) is 1.94. The van der Waals surface area contributed by atoms with Crippen molar-refractivity contribution in [1.29, 1.82) is 0 Å². The van der Waals surface area contributed by atoms with Gasteiger partial charge in [-0.3, -0.25) is 4.98 Å². The molecule has 0 unspecified atom stereocenters. The van der Waals surface area contributed by atoms with Crippen LogP contribution in [0.3, 0.4) is 0 Å². The molecule has 5 nitrogen and oxygen atoms in total. The van der Waals surface area contributed by atoms with Crippen molar-refractivity contribution < 1.29 is 4.74 Å². The quantitative estimate of drug-likeness (QED) is 0.710. The first-order valence-electron chi connectivity index (χ1n) is 5.29. The predicted octanol–water partition coefficient (Wildman–Crippen LogP) is 2.48. The van der Waals surface area contributed by atoms with Crippen molar-refractivity contribution >= 4 is 22.6 Å². The van der Waals surface area contributed by atoms with Gasteiger partial charge in [0.2, 0.25) is 0 Å². The number of nitrogens with zero attached hydrogens (tertiary/aromatic N) is 4. The van der Waals surface area contributed by atoms with Gasteiger partial charge in [0.25, 0.3) is 0 Å². The minimum absolute atomic E-state index is 0.520. The van der Waals surface area contributed by atoms with E-state index in [1.807, 2.05) is 18.2 Å². The van der Waals surface area contributed by atoms with Crippen LogP contribution in [0.25, 0.3) is 16.7 Å². The maximum atomic E-state index is 6.11. The van der Waals surface area contributed by atoms with E-state index in [9.17, 15) is 0 Å². The first kappa shape index (κ1) is 11.0. The number of ether oxygens (including phenoxy) is 1. The number of halogens is 1. The predicted molar refractivity (Wildman–Crippen MR) is 68.2 cm³/mol. The molecular formula is C12H9ClN4O. The molecule has 0 fully saturated rings. The lowest BCUT2D eigenvalue weighted by Gasteiger charge is -2.04. The van der Waals surface area contributed by atoms with E-state index in [0.29, 0.717) is 5.02 Å². The van der Waals surface area contributed by atoms with E-state index < -0.39 is 0 Å². The topological polar surface area (TPSA) is 52.8 Å². The van der Waals surface area contributed by atoms with Gasteiger partial charge in [0, 0.05) is 18.5 Å². The summed E-state index contributed by atoms with van der Waals surface area (Å²) in [6.45, 7) is 0. The number of hydrogen-bond donors (Lipinski definition) is 0. The smallest absolute Gasteiger partial charge is 0.121 e. The van der Waals surface area contributed by atoms with E-state index in [1.54, 1.807) is 30.3 Å². The standard InChI is InChI=1S/C12H9ClN4O/c1-18-8-2-3-10-12(6-8)17(16-15-10)11-4-5-14-7-9(11)13/h2-7H,1H3.